The van der Waals surface area contributed by atoms with Crippen LogP contribution in [-0.2, 0) is 6.61 Å². The molecule has 110 valence electrons. The van der Waals surface area contributed by atoms with Crippen molar-refractivity contribution in [3.8, 4) is 11.5 Å². The highest BCUT2D eigenvalue weighted by Gasteiger charge is 2.14. The summed E-state index contributed by atoms with van der Waals surface area (Å²) < 4.78 is 12.7. The number of ether oxygens (including phenoxy) is 2. The van der Waals surface area contributed by atoms with Gasteiger partial charge in [0.1, 0.15) is 6.61 Å². The van der Waals surface area contributed by atoms with E-state index in [-0.39, 0.29) is 0 Å². The molecule has 0 bridgehead atoms. The lowest BCUT2D eigenvalue weighted by molar-refractivity contribution is 0.1000. The Morgan fingerprint density at radius 2 is 1.86 bits per heavy atom. The van der Waals surface area contributed by atoms with Crippen LogP contribution in [0.5, 0.6) is 11.5 Å². The summed E-state index contributed by atoms with van der Waals surface area (Å²) in [5.74, 6) is 0.467. The number of carbonyl (C=O) groups excluding carboxylic acids is 1. The first kappa shape index (κ1) is 15.9. The van der Waals surface area contributed by atoms with Gasteiger partial charge in [0.05, 0.1) is 11.6 Å². The van der Waals surface area contributed by atoms with Crippen LogP contribution in [0.2, 0.25) is 0 Å². The molecule has 4 nitrogen and oxygen atoms in total. The van der Waals surface area contributed by atoms with Crippen molar-refractivity contribution in [2.24, 2.45) is 5.73 Å². The zero-order valence-electron chi connectivity index (χ0n) is 11.2. The van der Waals surface area contributed by atoms with Gasteiger partial charge in [-0.25, -0.2) is 0 Å². The molecule has 2 aromatic rings. The van der Waals surface area contributed by atoms with Gasteiger partial charge in [0.2, 0.25) is 5.91 Å². The van der Waals surface area contributed by atoms with Gasteiger partial charge in [0.25, 0.3) is 0 Å². The van der Waals surface area contributed by atoms with Crippen LogP contribution in [0.25, 0.3) is 0 Å². The summed E-state index contributed by atoms with van der Waals surface area (Å²) in [5, 5.41) is 0. The zero-order chi connectivity index (χ0) is 15.4. The Morgan fingerprint density at radius 3 is 2.43 bits per heavy atom. The SMILES string of the molecule is COc1cc(C(N)=O)cc(Br)c1OCc1ccc(Br)cc1. The number of carbonyl (C=O) groups is 1. The van der Waals surface area contributed by atoms with Crippen LogP contribution in [-0.4, -0.2) is 13.0 Å². The molecule has 2 rings (SSSR count). The molecule has 0 aliphatic rings. The number of rotatable bonds is 5. The molecule has 0 saturated carbocycles. The minimum absolute atomic E-state index is 0.356. The number of primary amides is 1. The van der Waals surface area contributed by atoms with Crippen molar-refractivity contribution in [1.82, 2.24) is 0 Å². The lowest BCUT2D eigenvalue weighted by Gasteiger charge is -2.13. The lowest BCUT2D eigenvalue weighted by atomic mass is 10.2. The van der Waals surface area contributed by atoms with Gasteiger partial charge >= 0.3 is 0 Å². The van der Waals surface area contributed by atoms with Gasteiger partial charge in [-0.3, -0.25) is 4.79 Å². The van der Waals surface area contributed by atoms with Gasteiger partial charge in [-0.05, 0) is 45.8 Å². The number of methoxy groups -OCH3 is 1. The van der Waals surface area contributed by atoms with E-state index in [0.717, 1.165) is 10.0 Å². The van der Waals surface area contributed by atoms with Crippen LogP contribution in [0.4, 0.5) is 0 Å². The van der Waals surface area contributed by atoms with E-state index in [1.165, 1.54) is 7.11 Å². The van der Waals surface area contributed by atoms with Gasteiger partial charge in [0, 0.05) is 10.0 Å². The van der Waals surface area contributed by atoms with E-state index in [2.05, 4.69) is 31.9 Å². The van der Waals surface area contributed by atoms with Crippen LogP contribution in [0.3, 0.4) is 0 Å². The zero-order valence-corrected chi connectivity index (χ0v) is 14.4. The fourth-order valence-electron chi connectivity index (χ4n) is 1.74. The van der Waals surface area contributed by atoms with Crippen LogP contribution in [0, 0.1) is 0 Å². The molecule has 1 amide bonds. The van der Waals surface area contributed by atoms with Crippen LogP contribution >= 0.6 is 31.9 Å². The summed E-state index contributed by atoms with van der Waals surface area (Å²) in [4.78, 5) is 11.2. The Labute approximate surface area is 139 Å². The highest BCUT2D eigenvalue weighted by atomic mass is 79.9. The first-order valence-corrected chi connectivity index (χ1v) is 7.64. The number of nitrogens with two attached hydrogens (primary N) is 1. The first-order chi connectivity index (χ1) is 10.0. The monoisotopic (exact) mass is 413 g/mol. The molecule has 0 aliphatic heterocycles. The highest BCUT2D eigenvalue weighted by molar-refractivity contribution is 9.10. The molecular formula is C15H13Br2NO3. The second-order valence-corrected chi connectivity index (χ2v) is 6.04. The van der Waals surface area contributed by atoms with Gasteiger partial charge < -0.3 is 15.2 Å². The molecule has 21 heavy (non-hydrogen) atoms. The average molecular weight is 415 g/mol. The summed E-state index contributed by atoms with van der Waals surface area (Å²) >= 11 is 6.76. The van der Waals surface area contributed by atoms with E-state index >= 15 is 0 Å². The molecule has 0 fully saturated rings. The van der Waals surface area contributed by atoms with E-state index in [9.17, 15) is 4.79 Å². The van der Waals surface area contributed by atoms with Crippen LogP contribution < -0.4 is 15.2 Å². The topological polar surface area (TPSA) is 61.5 Å². The Kier molecular flexibility index (Phi) is 5.25. The smallest absolute Gasteiger partial charge is 0.248 e. The summed E-state index contributed by atoms with van der Waals surface area (Å²) in [6.07, 6.45) is 0. The third-order valence-corrected chi connectivity index (χ3v) is 3.93. The third-order valence-electron chi connectivity index (χ3n) is 2.81. The standard InChI is InChI=1S/C15H13Br2NO3/c1-20-13-7-10(15(18)19)6-12(17)14(13)21-8-9-2-4-11(16)5-3-9/h2-7H,8H2,1H3,(H2,18,19). The van der Waals surface area contributed by atoms with E-state index in [0.29, 0.717) is 28.1 Å². The molecule has 0 spiro atoms. The highest BCUT2D eigenvalue weighted by Crippen LogP contribution is 2.37. The summed E-state index contributed by atoms with van der Waals surface area (Å²) in [6, 6.07) is 11.0. The van der Waals surface area contributed by atoms with Crippen molar-refractivity contribution in [2.45, 2.75) is 6.61 Å². The largest absolute Gasteiger partial charge is 0.493 e. The summed E-state index contributed by atoms with van der Waals surface area (Å²) in [6.45, 7) is 0.387. The minimum atomic E-state index is -0.520. The number of hydrogen-bond acceptors (Lipinski definition) is 3. The molecule has 6 heteroatoms. The Balaban J connectivity index is 2.23. The van der Waals surface area contributed by atoms with E-state index < -0.39 is 5.91 Å². The Morgan fingerprint density at radius 1 is 1.19 bits per heavy atom. The van der Waals surface area contributed by atoms with Crippen LogP contribution in [0.1, 0.15) is 15.9 Å². The predicted molar refractivity (Wildman–Crippen MR) is 87.7 cm³/mol. The van der Waals surface area contributed by atoms with E-state index in [1.807, 2.05) is 24.3 Å². The van der Waals surface area contributed by atoms with E-state index in [4.69, 9.17) is 15.2 Å². The van der Waals surface area contributed by atoms with Gasteiger partial charge in [-0.2, -0.15) is 0 Å². The molecule has 0 unspecified atom stereocenters. The number of amides is 1. The van der Waals surface area contributed by atoms with Crippen molar-refractivity contribution < 1.29 is 14.3 Å². The number of hydrogen-bond donors (Lipinski definition) is 1. The maximum atomic E-state index is 11.2. The molecule has 0 aliphatic carbocycles. The maximum Gasteiger partial charge on any atom is 0.248 e. The molecule has 2 aromatic carbocycles. The predicted octanol–water partition coefficient (Wildman–Crippen LogP) is 3.90. The Hall–Kier alpha value is -1.53. The molecular weight excluding hydrogens is 402 g/mol. The minimum Gasteiger partial charge on any atom is -0.493 e. The van der Waals surface area contributed by atoms with Crippen LogP contribution in [0.15, 0.2) is 45.3 Å². The normalized spacial score (nSPS) is 10.2. The first-order valence-electron chi connectivity index (χ1n) is 6.06. The second-order valence-electron chi connectivity index (χ2n) is 4.27. The van der Waals surface area contributed by atoms with Crippen molar-refractivity contribution >= 4 is 37.8 Å². The van der Waals surface area contributed by atoms with Crippen molar-refractivity contribution in [3.63, 3.8) is 0 Å². The van der Waals surface area contributed by atoms with Gasteiger partial charge in [-0.15, -0.1) is 0 Å². The molecule has 0 atom stereocenters. The van der Waals surface area contributed by atoms with E-state index in [1.54, 1.807) is 12.1 Å². The molecule has 0 saturated heterocycles. The fourth-order valence-corrected chi connectivity index (χ4v) is 2.56. The Bertz CT molecular complexity index is 657. The quantitative estimate of drug-likeness (QED) is 0.806. The fraction of sp³-hybridized carbons (Fsp3) is 0.133. The second kappa shape index (κ2) is 6.95. The average Bonchev–Trinajstić information content (AvgIpc) is 2.46. The lowest BCUT2D eigenvalue weighted by Crippen LogP contribution is -2.11. The number of benzene rings is 2. The van der Waals surface area contributed by atoms with Crippen molar-refractivity contribution in [1.29, 1.82) is 0 Å². The van der Waals surface area contributed by atoms with Gasteiger partial charge in [0.15, 0.2) is 11.5 Å². The summed E-state index contributed by atoms with van der Waals surface area (Å²) in [5.41, 5.74) is 6.65. The van der Waals surface area contributed by atoms with Gasteiger partial charge in [-0.1, -0.05) is 28.1 Å². The molecule has 2 N–H and O–H groups in total. The number of halogens is 2. The van der Waals surface area contributed by atoms with Crippen molar-refractivity contribution in [3.05, 3.63) is 56.5 Å². The van der Waals surface area contributed by atoms with Crippen molar-refractivity contribution in [2.75, 3.05) is 7.11 Å². The summed E-state index contributed by atoms with van der Waals surface area (Å²) in [7, 11) is 1.51. The third kappa shape index (κ3) is 3.98. The molecule has 0 radical (unpaired) electrons. The molecule has 0 heterocycles. The maximum absolute atomic E-state index is 11.2. The molecule has 0 aromatic heterocycles.